The molecular weight excluding hydrogens is 452 g/mol. The highest BCUT2D eigenvalue weighted by Gasteiger charge is 2.31. The Bertz CT molecular complexity index is 1510. The molecule has 8 heteroatoms. The van der Waals surface area contributed by atoms with Crippen molar-refractivity contribution in [2.45, 2.75) is 38.8 Å². The first-order valence-electron chi connectivity index (χ1n) is 12.5. The van der Waals surface area contributed by atoms with E-state index in [2.05, 4.69) is 51.3 Å². The summed E-state index contributed by atoms with van der Waals surface area (Å²) >= 11 is 0. The monoisotopic (exact) mass is 482 g/mol. The molecule has 8 nitrogen and oxygen atoms in total. The van der Waals surface area contributed by atoms with E-state index in [0.717, 1.165) is 65.1 Å². The van der Waals surface area contributed by atoms with Crippen LogP contribution in [0.2, 0.25) is 0 Å². The molecule has 36 heavy (non-hydrogen) atoms. The average Bonchev–Trinajstić information content (AvgIpc) is 3.41. The molecule has 0 radical (unpaired) electrons. The van der Waals surface area contributed by atoms with E-state index in [4.69, 9.17) is 14.7 Å². The number of aliphatic hydroxyl groups is 1. The molecule has 0 saturated carbocycles. The molecule has 5 aromatic rings. The molecule has 1 aliphatic rings. The highest BCUT2D eigenvalue weighted by molar-refractivity contribution is 6.05. The normalized spacial score (nSPS) is 16.6. The second kappa shape index (κ2) is 9.11. The maximum absolute atomic E-state index is 10.4. The molecule has 1 N–H and O–H groups in total. The zero-order valence-electron chi connectivity index (χ0n) is 20.8. The van der Waals surface area contributed by atoms with Gasteiger partial charge in [0, 0.05) is 37.4 Å². The van der Waals surface area contributed by atoms with Crippen molar-refractivity contribution < 1.29 is 9.84 Å². The number of benzene rings is 1. The number of aliphatic hydroxyl groups excluding tert-OH is 1. The number of aromatic nitrogens is 6. The Balaban J connectivity index is 1.68. The summed E-state index contributed by atoms with van der Waals surface area (Å²) in [4.78, 5) is 9.94. The van der Waals surface area contributed by atoms with Crippen LogP contribution in [0.4, 0.5) is 0 Å². The van der Waals surface area contributed by atoms with Crippen molar-refractivity contribution in [1.29, 1.82) is 0 Å². The zero-order valence-corrected chi connectivity index (χ0v) is 20.8. The van der Waals surface area contributed by atoms with Gasteiger partial charge in [-0.1, -0.05) is 35.5 Å². The predicted octanol–water partition coefficient (Wildman–Crippen LogP) is 4.76. The molecule has 2 atom stereocenters. The number of rotatable bonds is 5. The topological polar surface area (TPSA) is 90.9 Å². The first-order chi connectivity index (χ1) is 17.5. The maximum Gasteiger partial charge on any atom is 0.143 e. The second-order valence-electron chi connectivity index (χ2n) is 9.70. The maximum atomic E-state index is 10.4. The third-order valence-electron chi connectivity index (χ3n) is 7.34. The van der Waals surface area contributed by atoms with Crippen LogP contribution in [0.25, 0.3) is 33.3 Å². The van der Waals surface area contributed by atoms with E-state index in [-0.39, 0.29) is 6.04 Å². The summed E-state index contributed by atoms with van der Waals surface area (Å²) in [6.45, 7) is 5.22. The van der Waals surface area contributed by atoms with Gasteiger partial charge in [0.15, 0.2) is 0 Å². The smallest absolute Gasteiger partial charge is 0.143 e. The molecule has 0 spiro atoms. The summed E-state index contributed by atoms with van der Waals surface area (Å²) in [6.07, 6.45) is 3.17. The van der Waals surface area contributed by atoms with Crippen LogP contribution in [0.3, 0.4) is 0 Å². The van der Waals surface area contributed by atoms with Gasteiger partial charge in [-0.05, 0) is 56.4 Å². The third kappa shape index (κ3) is 3.77. The van der Waals surface area contributed by atoms with Crippen LogP contribution in [-0.2, 0) is 11.8 Å². The minimum atomic E-state index is -0.661. The summed E-state index contributed by atoms with van der Waals surface area (Å²) in [7, 11) is 1.90. The van der Waals surface area contributed by atoms with Gasteiger partial charge in [-0.2, -0.15) is 0 Å². The second-order valence-corrected chi connectivity index (χ2v) is 9.70. The van der Waals surface area contributed by atoms with Gasteiger partial charge in [0.1, 0.15) is 5.65 Å². The summed E-state index contributed by atoms with van der Waals surface area (Å²) in [5.74, 6) is 0.376. The Labute approximate surface area is 209 Å². The van der Waals surface area contributed by atoms with E-state index in [0.29, 0.717) is 11.6 Å². The number of nitrogens with zero attached hydrogens (tertiary/aromatic N) is 6. The average molecular weight is 483 g/mol. The highest BCUT2D eigenvalue weighted by Crippen LogP contribution is 2.41. The van der Waals surface area contributed by atoms with Crippen molar-refractivity contribution in [3.8, 4) is 11.3 Å². The van der Waals surface area contributed by atoms with Crippen molar-refractivity contribution in [2.24, 2.45) is 13.0 Å². The van der Waals surface area contributed by atoms with Gasteiger partial charge in [0.05, 0.1) is 40.3 Å². The lowest BCUT2D eigenvalue weighted by Crippen LogP contribution is -2.27. The fraction of sp³-hybridized carbons (Fsp3) is 0.357. The standard InChI is InChI=1S/C28H30N6O2/c1-17-26(33(3)32-31-17)21-15-24-25(29-16-21)22-9-10-23(18(2)35)30-28(22)34(24)27(19-7-5-4-6-8-19)20-11-13-36-14-12-20/h4-10,15-16,18,20,27,35H,11-14H2,1-3H3/t18?,27-/m1/s1. The van der Waals surface area contributed by atoms with Crippen LogP contribution < -0.4 is 0 Å². The minimum absolute atomic E-state index is 0.0506. The molecule has 1 unspecified atom stereocenters. The Morgan fingerprint density at radius 2 is 1.86 bits per heavy atom. The quantitative estimate of drug-likeness (QED) is 0.389. The number of pyridine rings is 2. The van der Waals surface area contributed by atoms with Crippen LogP contribution >= 0.6 is 0 Å². The molecule has 6 rings (SSSR count). The molecule has 1 saturated heterocycles. The van der Waals surface area contributed by atoms with Crippen molar-refractivity contribution in [3.05, 3.63) is 71.7 Å². The van der Waals surface area contributed by atoms with E-state index in [9.17, 15) is 5.11 Å². The molecule has 4 aromatic heterocycles. The van der Waals surface area contributed by atoms with Crippen molar-refractivity contribution in [1.82, 2.24) is 29.5 Å². The largest absolute Gasteiger partial charge is 0.387 e. The van der Waals surface area contributed by atoms with E-state index in [1.54, 1.807) is 11.6 Å². The number of aryl methyl sites for hydroxylation is 2. The van der Waals surface area contributed by atoms with Crippen LogP contribution in [0.1, 0.15) is 48.9 Å². The molecule has 0 bridgehead atoms. The van der Waals surface area contributed by atoms with E-state index in [1.807, 2.05) is 32.3 Å². The number of fused-ring (bicyclic) bond motifs is 3. The summed E-state index contributed by atoms with van der Waals surface area (Å²) < 4.78 is 9.87. The van der Waals surface area contributed by atoms with E-state index < -0.39 is 6.10 Å². The van der Waals surface area contributed by atoms with Crippen LogP contribution in [0, 0.1) is 12.8 Å². The molecule has 1 aromatic carbocycles. The minimum Gasteiger partial charge on any atom is -0.387 e. The van der Waals surface area contributed by atoms with Gasteiger partial charge in [-0.25, -0.2) is 9.67 Å². The number of hydrogen-bond acceptors (Lipinski definition) is 6. The predicted molar refractivity (Wildman–Crippen MR) is 139 cm³/mol. The summed E-state index contributed by atoms with van der Waals surface area (Å²) in [6, 6.07) is 16.8. The van der Waals surface area contributed by atoms with Gasteiger partial charge in [-0.3, -0.25) is 4.98 Å². The lowest BCUT2D eigenvalue weighted by atomic mass is 9.86. The fourth-order valence-corrected chi connectivity index (χ4v) is 5.60. The molecular formula is C28H30N6O2. The van der Waals surface area contributed by atoms with E-state index in [1.165, 1.54) is 5.56 Å². The van der Waals surface area contributed by atoms with Gasteiger partial charge in [0.2, 0.25) is 0 Å². The zero-order chi connectivity index (χ0) is 24.8. The molecule has 0 aliphatic carbocycles. The van der Waals surface area contributed by atoms with Crippen molar-refractivity contribution in [2.75, 3.05) is 13.2 Å². The number of hydrogen-bond donors (Lipinski definition) is 1. The SMILES string of the molecule is Cc1nnn(C)c1-c1cnc2c3ccc(C(C)O)nc3n([C@H](c3ccccc3)C3CCOCC3)c2c1. The first kappa shape index (κ1) is 22.8. The molecule has 1 fully saturated rings. The lowest BCUT2D eigenvalue weighted by Gasteiger charge is -2.32. The van der Waals surface area contributed by atoms with E-state index >= 15 is 0 Å². The van der Waals surface area contributed by atoms with Crippen molar-refractivity contribution in [3.63, 3.8) is 0 Å². The van der Waals surface area contributed by atoms with Crippen LogP contribution in [0.15, 0.2) is 54.7 Å². The fourth-order valence-electron chi connectivity index (χ4n) is 5.60. The highest BCUT2D eigenvalue weighted by atomic mass is 16.5. The van der Waals surface area contributed by atoms with Gasteiger partial charge >= 0.3 is 0 Å². The van der Waals surface area contributed by atoms with Crippen LogP contribution in [0.5, 0.6) is 0 Å². The van der Waals surface area contributed by atoms with Gasteiger partial charge < -0.3 is 14.4 Å². The number of ether oxygens (including phenoxy) is 1. The molecule has 184 valence electrons. The Morgan fingerprint density at radius 1 is 1.08 bits per heavy atom. The molecule has 5 heterocycles. The molecule has 1 aliphatic heterocycles. The lowest BCUT2D eigenvalue weighted by molar-refractivity contribution is 0.0552. The summed E-state index contributed by atoms with van der Waals surface area (Å²) in [5, 5.41) is 19.8. The van der Waals surface area contributed by atoms with Crippen LogP contribution in [-0.4, -0.2) is 47.8 Å². The first-order valence-corrected chi connectivity index (χ1v) is 12.5. The summed E-state index contributed by atoms with van der Waals surface area (Å²) in [5.41, 5.74) is 7.41. The molecule has 0 amide bonds. The van der Waals surface area contributed by atoms with Gasteiger partial charge in [-0.15, -0.1) is 5.10 Å². The van der Waals surface area contributed by atoms with Gasteiger partial charge in [0.25, 0.3) is 0 Å². The Morgan fingerprint density at radius 3 is 2.56 bits per heavy atom. The third-order valence-corrected chi connectivity index (χ3v) is 7.34. The Kier molecular flexibility index (Phi) is 5.78. The Hall–Kier alpha value is -3.62. The van der Waals surface area contributed by atoms with Crippen molar-refractivity contribution >= 4 is 22.1 Å².